The van der Waals surface area contributed by atoms with Gasteiger partial charge in [0.25, 0.3) is 16.0 Å². The van der Waals surface area contributed by atoms with Crippen LogP contribution in [0.25, 0.3) is 10.4 Å². The molecule has 3 fully saturated rings. The highest BCUT2D eigenvalue weighted by Crippen LogP contribution is 2.32. The van der Waals surface area contributed by atoms with Crippen molar-refractivity contribution in [3.05, 3.63) is 70.3 Å². The fourth-order valence-electron chi connectivity index (χ4n) is 4.23. The summed E-state index contributed by atoms with van der Waals surface area (Å²) in [6, 6.07) is 13.9. The SMILES string of the molecule is Cc1ccc(S(=O)(=O)O)cc1.O=C(N[C@H]1CN2CCC1CC2)c1ncc(-c2ccccc2Cl)s1. The number of aromatic nitrogens is 1. The van der Waals surface area contributed by atoms with Gasteiger partial charge in [-0.1, -0.05) is 47.5 Å². The minimum Gasteiger partial charge on any atom is -0.346 e. The zero-order valence-corrected chi connectivity index (χ0v) is 21.0. The number of nitrogens with zero attached hydrogens (tertiary/aromatic N) is 2. The van der Waals surface area contributed by atoms with Gasteiger partial charge in [0.1, 0.15) is 0 Å². The van der Waals surface area contributed by atoms with E-state index in [1.165, 1.54) is 49.4 Å². The van der Waals surface area contributed by atoms with E-state index in [-0.39, 0.29) is 16.8 Å². The topological polar surface area (TPSA) is 99.6 Å². The third kappa shape index (κ3) is 6.03. The third-order valence-electron chi connectivity index (χ3n) is 6.13. The normalized spacial score (nSPS) is 21.4. The van der Waals surface area contributed by atoms with Crippen LogP contribution in [0.5, 0.6) is 0 Å². The Balaban J connectivity index is 0.000000210. The van der Waals surface area contributed by atoms with Crippen LogP contribution in [0.2, 0.25) is 5.02 Å². The summed E-state index contributed by atoms with van der Waals surface area (Å²) >= 11 is 7.61. The maximum Gasteiger partial charge on any atom is 0.294 e. The highest BCUT2D eigenvalue weighted by atomic mass is 35.5. The van der Waals surface area contributed by atoms with Crippen molar-refractivity contribution in [2.24, 2.45) is 5.92 Å². The Morgan fingerprint density at radius 1 is 1.15 bits per heavy atom. The van der Waals surface area contributed by atoms with Crippen LogP contribution >= 0.6 is 22.9 Å². The fraction of sp³-hybridized carbons (Fsp3) is 0.333. The highest BCUT2D eigenvalue weighted by Gasteiger charge is 2.35. The molecule has 10 heteroatoms. The number of nitrogens with one attached hydrogen (secondary N) is 1. The number of piperidine rings is 3. The maximum absolute atomic E-state index is 12.5. The molecule has 2 N–H and O–H groups in total. The Labute approximate surface area is 208 Å². The van der Waals surface area contributed by atoms with E-state index in [0.29, 0.717) is 15.9 Å². The van der Waals surface area contributed by atoms with Gasteiger partial charge >= 0.3 is 0 Å². The Kier molecular flexibility index (Phi) is 7.69. The van der Waals surface area contributed by atoms with E-state index in [4.69, 9.17) is 16.2 Å². The van der Waals surface area contributed by atoms with Gasteiger partial charge in [-0.2, -0.15) is 8.42 Å². The summed E-state index contributed by atoms with van der Waals surface area (Å²) < 4.78 is 29.6. The van der Waals surface area contributed by atoms with Crippen molar-refractivity contribution in [1.82, 2.24) is 15.2 Å². The second-order valence-corrected chi connectivity index (χ2v) is 11.4. The molecular weight excluding hydrogens is 494 g/mol. The summed E-state index contributed by atoms with van der Waals surface area (Å²) in [6.45, 7) is 5.16. The first-order chi connectivity index (χ1) is 16.2. The zero-order valence-electron chi connectivity index (χ0n) is 18.6. The lowest BCUT2D eigenvalue weighted by Gasteiger charge is -2.44. The molecular formula is C24H26ClN3O4S2. The summed E-state index contributed by atoms with van der Waals surface area (Å²) in [5.74, 6) is 0.555. The average molecular weight is 520 g/mol. The van der Waals surface area contributed by atoms with E-state index in [2.05, 4.69) is 15.2 Å². The van der Waals surface area contributed by atoms with Gasteiger partial charge in [-0.25, -0.2) is 4.98 Å². The number of hydrogen-bond donors (Lipinski definition) is 2. The lowest BCUT2D eigenvalue weighted by Crippen LogP contribution is -2.57. The van der Waals surface area contributed by atoms with Crippen LogP contribution in [0, 0.1) is 12.8 Å². The first-order valence-corrected chi connectivity index (χ1v) is 13.6. The first kappa shape index (κ1) is 24.8. The smallest absolute Gasteiger partial charge is 0.294 e. The summed E-state index contributed by atoms with van der Waals surface area (Å²) in [5, 5.41) is 4.37. The zero-order chi connectivity index (χ0) is 24.3. The van der Waals surface area contributed by atoms with Crippen molar-refractivity contribution in [3.63, 3.8) is 0 Å². The fourth-order valence-corrected chi connectivity index (χ4v) is 5.87. The number of hydrogen-bond acceptors (Lipinski definition) is 6. The predicted octanol–water partition coefficient (Wildman–Crippen LogP) is 4.53. The van der Waals surface area contributed by atoms with E-state index in [9.17, 15) is 13.2 Å². The van der Waals surface area contributed by atoms with E-state index in [0.717, 1.165) is 22.5 Å². The second-order valence-electron chi connectivity index (χ2n) is 8.52. The van der Waals surface area contributed by atoms with E-state index < -0.39 is 10.1 Å². The molecule has 0 aliphatic carbocycles. The molecule has 3 aliphatic heterocycles. The van der Waals surface area contributed by atoms with Gasteiger partial charge in [0, 0.05) is 29.4 Å². The molecule has 6 rings (SSSR count). The van der Waals surface area contributed by atoms with Gasteiger partial charge in [-0.3, -0.25) is 9.35 Å². The number of carbonyl (C=O) groups is 1. The number of carbonyl (C=O) groups excluding carboxylic acids is 1. The molecule has 34 heavy (non-hydrogen) atoms. The molecule has 0 saturated carbocycles. The molecule has 0 unspecified atom stereocenters. The summed E-state index contributed by atoms with van der Waals surface area (Å²) in [6.07, 6.45) is 4.11. The molecule has 3 aromatic rings. The number of benzene rings is 2. The van der Waals surface area contributed by atoms with Gasteiger partial charge < -0.3 is 10.2 Å². The molecule has 2 aromatic carbocycles. The molecule has 1 atom stereocenters. The van der Waals surface area contributed by atoms with Gasteiger partial charge in [-0.15, -0.1) is 11.3 Å². The van der Waals surface area contributed by atoms with Gasteiger partial charge in [0.2, 0.25) is 0 Å². The molecule has 1 aromatic heterocycles. The molecule has 2 bridgehead atoms. The van der Waals surface area contributed by atoms with Crippen molar-refractivity contribution < 1.29 is 17.8 Å². The summed E-state index contributed by atoms with van der Waals surface area (Å²) in [4.78, 5) is 20.1. The van der Waals surface area contributed by atoms with Crippen LogP contribution in [-0.4, -0.2) is 54.4 Å². The molecule has 0 radical (unpaired) electrons. The predicted molar refractivity (Wildman–Crippen MR) is 134 cm³/mol. The average Bonchev–Trinajstić information content (AvgIpc) is 3.31. The first-order valence-electron chi connectivity index (χ1n) is 11.0. The van der Waals surface area contributed by atoms with E-state index >= 15 is 0 Å². The van der Waals surface area contributed by atoms with Crippen molar-refractivity contribution in [3.8, 4) is 10.4 Å². The lowest BCUT2D eigenvalue weighted by atomic mass is 9.84. The Bertz CT molecular complexity index is 1250. The van der Waals surface area contributed by atoms with E-state index in [1.807, 2.05) is 31.2 Å². The van der Waals surface area contributed by atoms with Crippen LogP contribution < -0.4 is 5.32 Å². The quantitative estimate of drug-likeness (QED) is 0.491. The lowest BCUT2D eigenvalue weighted by molar-refractivity contribution is 0.0620. The highest BCUT2D eigenvalue weighted by molar-refractivity contribution is 7.85. The molecule has 3 aliphatic rings. The van der Waals surface area contributed by atoms with Crippen LogP contribution in [0.4, 0.5) is 0 Å². The molecule has 180 valence electrons. The van der Waals surface area contributed by atoms with Gasteiger partial charge in [0.05, 0.1) is 9.77 Å². The molecule has 1 amide bonds. The summed E-state index contributed by atoms with van der Waals surface area (Å²) in [7, 11) is -4.02. The van der Waals surface area contributed by atoms with Crippen LogP contribution in [-0.2, 0) is 10.1 Å². The molecule has 4 heterocycles. The third-order valence-corrected chi connectivity index (χ3v) is 8.36. The summed E-state index contributed by atoms with van der Waals surface area (Å²) in [5.41, 5.74) is 1.88. The van der Waals surface area contributed by atoms with Gasteiger partial charge in [-0.05, 0) is 57.0 Å². The largest absolute Gasteiger partial charge is 0.346 e. The number of thiazole rings is 1. The number of aryl methyl sites for hydroxylation is 1. The van der Waals surface area contributed by atoms with Crippen molar-refractivity contribution >= 4 is 39.0 Å². The van der Waals surface area contributed by atoms with Crippen LogP contribution in [0.15, 0.2) is 59.6 Å². The Hall–Kier alpha value is -2.30. The van der Waals surface area contributed by atoms with Crippen LogP contribution in [0.3, 0.4) is 0 Å². The minimum atomic E-state index is -4.02. The Morgan fingerprint density at radius 2 is 1.82 bits per heavy atom. The number of halogens is 1. The molecule has 3 saturated heterocycles. The van der Waals surface area contributed by atoms with Crippen LogP contribution in [0.1, 0.15) is 28.2 Å². The standard InChI is InChI=1S/C17H18ClN3OS.C7H8O3S/c18-13-4-2-1-3-12(13)15-9-19-17(23-15)16(22)20-14-10-21-7-5-11(14)6-8-21;1-6-2-4-7(5-3-6)11(8,9)10/h1-4,9,11,14H,5-8,10H2,(H,20,22);2-5H,1H3,(H,8,9,10)/t14-;/m0./s1. The number of fused-ring (bicyclic) bond motifs is 3. The number of amides is 1. The number of rotatable bonds is 4. The van der Waals surface area contributed by atoms with Gasteiger partial charge in [0.15, 0.2) is 5.01 Å². The molecule has 7 nitrogen and oxygen atoms in total. The molecule has 0 spiro atoms. The second kappa shape index (κ2) is 10.5. The van der Waals surface area contributed by atoms with E-state index in [1.54, 1.807) is 18.3 Å². The maximum atomic E-state index is 12.5. The van der Waals surface area contributed by atoms with Crippen molar-refractivity contribution in [1.29, 1.82) is 0 Å². The Morgan fingerprint density at radius 3 is 2.41 bits per heavy atom. The monoisotopic (exact) mass is 519 g/mol. The minimum absolute atomic E-state index is 0.0629. The van der Waals surface area contributed by atoms with Crippen molar-refractivity contribution in [2.45, 2.75) is 30.7 Å². The van der Waals surface area contributed by atoms with Crippen molar-refractivity contribution in [2.75, 3.05) is 19.6 Å².